The summed E-state index contributed by atoms with van der Waals surface area (Å²) in [4.78, 5) is 15.2. The summed E-state index contributed by atoms with van der Waals surface area (Å²) in [5.41, 5.74) is 0. The first-order valence-electron chi connectivity index (χ1n) is 5.57. The highest BCUT2D eigenvalue weighted by Crippen LogP contribution is 2.15. The fraction of sp³-hybridized carbons (Fsp3) is 0.583. The maximum Gasteiger partial charge on any atom is 0.152 e. The summed E-state index contributed by atoms with van der Waals surface area (Å²) in [6, 6.07) is 4.14. The van der Waals surface area contributed by atoms with Gasteiger partial charge in [-0.25, -0.2) is 0 Å². The average molecular weight is 239 g/mol. The minimum atomic E-state index is 0.130. The Bertz CT molecular complexity index is 331. The highest BCUT2D eigenvalue weighted by molar-refractivity contribution is 7.09. The monoisotopic (exact) mass is 239 g/mol. The summed E-state index contributed by atoms with van der Waals surface area (Å²) < 4.78 is 5.23. The third-order valence-corrected chi connectivity index (χ3v) is 3.68. The quantitative estimate of drug-likeness (QED) is 0.784. The Morgan fingerprint density at radius 1 is 1.69 bits per heavy atom. The van der Waals surface area contributed by atoms with Crippen molar-refractivity contribution in [1.29, 1.82) is 0 Å². The van der Waals surface area contributed by atoms with Crippen molar-refractivity contribution in [3.8, 4) is 0 Å². The molecule has 4 heteroatoms. The fourth-order valence-corrected chi connectivity index (χ4v) is 2.69. The minimum absolute atomic E-state index is 0.130. The van der Waals surface area contributed by atoms with Crippen molar-refractivity contribution in [1.82, 2.24) is 4.90 Å². The molecule has 0 aromatic carbocycles. The van der Waals surface area contributed by atoms with Crippen LogP contribution in [0.2, 0.25) is 0 Å². The Balaban J connectivity index is 1.78. The second-order valence-electron chi connectivity index (χ2n) is 4.28. The molecule has 2 rings (SSSR count). The van der Waals surface area contributed by atoms with Crippen molar-refractivity contribution in [2.24, 2.45) is 5.92 Å². The first kappa shape index (κ1) is 11.8. The van der Waals surface area contributed by atoms with Gasteiger partial charge in [-0.3, -0.25) is 9.69 Å². The molecule has 1 saturated heterocycles. The summed E-state index contributed by atoms with van der Waals surface area (Å²) in [6.45, 7) is 2.75. The number of thiophene rings is 1. The van der Waals surface area contributed by atoms with Crippen LogP contribution >= 0.6 is 11.3 Å². The molecule has 1 aliphatic rings. The lowest BCUT2D eigenvalue weighted by Gasteiger charge is -2.16. The number of hydrogen-bond donors (Lipinski definition) is 0. The van der Waals surface area contributed by atoms with E-state index in [1.165, 1.54) is 4.88 Å². The molecule has 1 fully saturated rings. The molecule has 0 amide bonds. The van der Waals surface area contributed by atoms with Crippen LogP contribution in [0.3, 0.4) is 0 Å². The van der Waals surface area contributed by atoms with E-state index in [0.717, 1.165) is 19.6 Å². The number of ketones is 1. The van der Waals surface area contributed by atoms with Gasteiger partial charge in [0.15, 0.2) is 5.78 Å². The number of hydrogen-bond acceptors (Lipinski definition) is 4. The van der Waals surface area contributed by atoms with Crippen molar-refractivity contribution in [2.75, 3.05) is 26.8 Å². The van der Waals surface area contributed by atoms with Gasteiger partial charge in [0, 0.05) is 23.9 Å². The maximum absolute atomic E-state index is 11.9. The number of likely N-dealkylation sites (N-methyl/N-ethyl adjacent to an activating group) is 1. The highest BCUT2D eigenvalue weighted by Gasteiger charge is 2.24. The van der Waals surface area contributed by atoms with E-state index in [2.05, 4.69) is 16.3 Å². The third kappa shape index (κ3) is 3.14. The molecule has 0 spiro atoms. The average Bonchev–Trinajstić information content (AvgIpc) is 2.88. The summed E-state index contributed by atoms with van der Waals surface area (Å²) in [6.07, 6.45) is 0.895. The molecule has 0 aliphatic carbocycles. The fourth-order valence-electron chi connectivity index (χ4n) is 1.91. The molecule has 2 heterocycles. The van der Waals surface area contributed by atoms with Crippen LogP contribution in [-0.4, -0.2) is 37.5 Å². The lowest BCUT2D eigenvalue weighted by Crippen LogP contribution is -2.30. The van der Waals surface area contributed by atoms with E-state index in [4.69, 9.17) is 4.74 Å². The zero-order chi connectivity index (χ0) is 11.4. The van der Waals surface area contributed by atoms with Crippen LogP contribution in [0.5, 0.6) is 0 Å². The second kappa shape index (κ2) is 5.57. The zero-order valence-electron chi connectivity index (χ0n) is 9.52. The lowest BCUT2D eigenvalue weighted by atomic mass is 10.0. The Kier molecular flexibility index (Phi) is 4.09. The molecule has 16 heavy (non-hydrogen) atoms. The maximum atomic E-state index is 11.9. The van der Waals surface area contributed by atoms with Crippen LogP contribution in [0.25, 0.3) is 0 Å². The van der Waals surface area contributed by atoms with Gasteiger partial charge in [-0.15, -0.1) is 11.3 Å². The van der Waals surface area contributed by atoms with Crippen LogP contribution in [0.15, 0.2) is 17.5 Å². The number of Topliss-reactive ketones (excluding diaryl/α,β-unsaturated/α-hetero) is 1. The molecular weight excluding hydrogens is 222 g/mol. The third-order valence-electron chi connectivity index (χ3n) is 2.82. The van der Waals surface area contributed by atoms with E-state index in [9.17, 15) is 4.79 Å². The summed E-state index contributed by atoms with van der Waals surface area (Å²) >= 11 is 1.73. The molecule has 1 aromatic rings. The molecule has 0 N–H and O–H groups in total. The van der Waals surface area contributed by atoms with Crippen molar-refractivity contribution >= 4 is 17.1 Å². The van der Waals surface area contributed by atoms with Crippen LogP contribution in [0.4, 0.5) is 0 Å². The van der Waals surface area contributed by atoms with Gasteiger partial charge in [0.1, 0.15) is 0 Å². The molecule has 0 saturated carbocycles. The lowest BCUT2D eigenvalue weighted by molar-refractivity contribution is -0.123. The number of carbonyl (C=O) groups excluding carboxylic acids is 1. The predicted molar refractivity (Wildman–Crippen MR) is 64.6 cm³/mol. The van der Waals surface area contributed by atoms with Gasteiger partial charge in [0.25, 0.3) is 0 Å². The molecular formula is C12H17NO2S. The number of carbonyl (C=O) groups is 1. The van der Waals surface area contributed by atoms with Gasteiger partial charge >= 0.3 is 0 Å². The van der Waals surface area contributed by atoms with E-state index in [-0.39, 0.29) is 5.92 Å². The van der Waals surface area contributed by atoms with Crippen molar-refractivity contribution in [3.05, 3.63) is 22.4 Å². The SMILES string of the molecule is CN(CC(=O)C1CCOC1)Cc1cccs1. The molecule has 1 aliphatic heterocycles. The smallest absolute Gasteiger partial charge is 0.152 e. The predicted octanol–water partition coefficient (Wildman–Crippen LogP) is 1.79. The van der Waals surface area contributed by atoms with Gasteiger partial charge in [0.05, 0.1) is 13.2 Å². The Morgan fingerprint density at radius 3 is 3.19 bits per heavy atom. The Hall–Kier alpha value is -0.710. The highest BCUT2D eigenvalue weighted by atomic mass is 32.1. The van der Waals surface area contributed by atoms with Crippen LogP contribution in [0.1, 0.15) is 11.3 Å². The van der Waals surface area contributed by atoms with Gasteiger partial charge in [-0.05, 0) is 24.9 Å². The minimum Gasteiger partial charge on any atom is -0.381 e. The van der Waals surface area contributed by atoms with E-state index >= 15 is 0 Å². The van der Waals surface area contributed by atoms with E-state index in [1.807, 2.05) is 13.1 Å². The molecule has 0 radical (unpaired) electrons. The topological polar surface area (TPSA) is 29.5 Å². The molecule has 3 nitrogen and oxygen atoms in total. The van der Waals surface area contributed by atoms with E-state index in [1.54, 1.807) is 11.3 Å². The first-order chi connectivity index (χ1) is 7.75. The van der Waals surface area contributed by atoms with Gasteiger partial charge in [0.2, 0.25) is 0 Å². The molecule has 1 atom stereocenters. The number of rotatable bonds is 5. The van der Waals surface area contributed by atoms with Gasteiger partial charge in [-0.2, -0.15) is 0 Å². The first-order valence-corrected chi connectivity index (χ1v) is 6.45. The largest absolute Gasteiger partial charge is 0.381 e. The Morgan fingerprint density at radius 2 is 2.56 bits per heavy atom. The van der Waals surface area contributed by atoms with E-state index in [0.29, 0.717) is 18.9 Å². The molecule has 0 bridgehead atoms. The standard InChI is InChI=1S/C12H17NO2S/c1-13(7-11-3-2-6-16-11)8-12(14)10-4-5-15-9-10/h2-3,6,10H,4-5,7-9H2,1H3. The summed E-state index contributed by atoms with van der Waals surface area (Å²) in [5.74, 6) is 0.447. The van der Waals surface area contributed by atoms with Crippen LogP contribution in [-0.2, 0) is 16.1 Å². The van der Waals surface area contributed by atoms with Crippen molar-refractivity contribution in [2.45, 2.75) is 13.0 Å². The molecule has 1 unspecified atom stereocenters. The van der Waals surface area contributed by atoms with E-state index < -0.39 is 0 Å². The number of nitrogens with zero attached hydrogens (tertiary/aromatic N) is 1. The van der Waals surface area contributed by atoms with Crippen LogP contribution < -0.4 is 0 Å². The molecule has 1 aromatic heterocycles. The van der Waals surface area contributed by atoms with Gasteiger partial charge < -0.3 is 4.74 Å². The van der Waals surface area contributed by atoms with Crippen molar-refractivity contribution < 1.29 is 9.53 Å². The number of ether oxygens (including phenoxy) is 1. The normalized spacial score (nSPS) is 20.5. The zero-order valence-corrected chi connectivity index (χ0v) is 10.3. The molecule has 88 valence electrons. The van der Waals surface area contributed by atoms with Crippen molar-refractivity contribution in [3.63, 3.8) is 0 Å². The van der Waals surface area contributed by atoms with Gasteiger partial charge in [-0.1, -0.05) is 6.07 Å². The summed E-state index contributed by atoms with van der Waals surface area (Å²) in [5, 5.41) is 2.07. The van der Waals surface area contributed by atoms with Crippen LogP contribution in [0, 0.1) is 5.92 Å². The summed E-state index contributed by atoms with van der Waals surface area (Å²) in [7, 11) is 1.99. The Labute approximate surface area is 100 Å². The second-order valence-corrected chi connectivity index (χ2v) is 5.31.